The van der Waals surface area contributed by atoms with Gasteiger partial charge in [-0.15, -0.1) is 0 Å². The molecule has 0 spiro atoms. The number of sulfone groups is 1. The summed E-state index contributed by atoms with van der Waals surface area (Å²) in [5, 5.41) is 12.6. The lowest BCUT2D eigenvalue weighted by Crippen LogP contribution is -2.03. The number of nitro groups is 1. The van der Waals surface area contributed by atoms with Gasteiger partial charge in [0.05, 0.1) is 4.90 Å². The van der Waals surface area contributed by atoms with E-state index in [1.807, 2.05) is 12.1 Å². The Balaban J connectivity index is 1.98. The maximum atomic E-state index is 12.4. The lowest BCUT2D eigenvalue weighted by atomic mass is 10.0. The SMILES string of the molecule is O=[N+]([O-])CCc1c[nH]c2cccc(/C=C/S(=O)(=O)c3ccccc3)c12. The van der Waals surface area contributed by atoms with Crippen molar-refractivity contribution in [1.29, 1.82) is 0 Å². The molecule has 1 N–H and O–H groups in total. The Kier molecular flexibility index (Phi) is 4.67. The number of aromatic nitrogens is 1. The molecule has 0 radical (unpaired) electrons. The highest BCUT2D eigenvalue weighted by molar-refractivity contribution is 7.94. The topological polar surface area (TPSA) is 93.1 Å². The molecule has 6 nitrogen and oxygen atoms in total. The Morgan fingerprint density at radius 1 is 1.08 bits per heavy atom. The molecule has 1 heterocycles. The molecule has 0 aliphatic rings. The minimum atomic E-state index is -3.55. The van der Waals surface area contributed by atoms with Crippen molar-refractivity contribution >= 4 is 26.8 Å². The van der Waals surface area contributed by atoms with Gasteiger partial charge in [0.15, 0.2) is 9.84 Å². The number of nitrogens with one attached hydrogen (secondary N) is 1. The molecule has 0 aliphatic carbocycles. The molecule has 0 bridgehead atoms. The smallest absolute Gasteiger partial charge is 0.207 e. The van der Waals surface area contributed by atoms with Gasteiger partial charge in [0.2, 0.25) is 6.54 Å². The van der Waals surface area contributed by atoms with Gasteiger partial charge < -0.3 is 4.98 Å². The van der Waals surface area contributed by atoms with Crippen molar-refractivity contribution in [2.75, 3.05) is 6.54 Å². The van der Waals surface area contributed by atoms with E-state index in [1.54, 1.807) is 42.6 Å². The van der Waals surface area contributed by atoms with Crippen LogP contribution >= 0.6 is 0 Å². The van der Waals surface area contributed by atoms with Crippen molar-refractivity contribution in [3.05, 3.63) is 81.4 Å². The van der Waals surface area contributed by atoms with Gasteiger partial charge >= 0.3 is 0 Å². The van der Waals surface area contributed by atoms with Crippen LogP contribution in [0.25, 0.3) is 17.0 Å². The van der Waals surface area contributed by atoms with E-state index in [-0.39, 0.29) is 22.8 Å². The van der Waals surface area contributed by atoms with Crippen molar-refractivity contribution < 1.29 is 13.3 Å². The predicted molar refractivity (Wildman–Crippen MR) is 96.5 cm³/mol. The maximum absolute atomic E-state index is 12.4. The van der Waals surface area contributed by atoms with Gasteiger partial charge in [-0.05, 0) is 35.4 Å². The second kappa shape index (κ2) is 6.90. The average Bonchev–Trinajstić information content (AvgIpc) is 3.03. The third-order valence-corrected chi connectivity index (χ3v) is 5.31. The number of hydrogen-bond donors (Lipinski definition) is 1. The van der Waals surface area contributed by atoms with Crippen LogP contribution in [-0.2, 0) is 16.3 Å². The van der Waals surface area contributed by atoms with Crippen LogP contribution in [0.1, 0.15) is 11.1 Å². The second-order valence-corrected chi connectivity index (χ2v) is 7.38. The first kappa shape index (κ1) is 16.9. The second-order valence-electron chi connectivity index (χ2n) is 5.55. The first-order valence-electron chi connectivity index (χ1n) is 7.66. The summed E-state index contributed by atoms with van der Waals surface area (Å²) >= 11 is 0. The highest BCUT2D eigenvalue weighted by atomic mass is 32.2. The summed E-state index contributed by atoms with van der Waals surface area (Å²) in [7, 11) is -3.55. The molecule has 0 aliphatic heterocycles. The minimum Gasteiger partial charge on any atom is -0.361 e. The molecule has 2 aromatic carbocycles. The fourth-order valence-corrected chi connectivity index (χ4v) is 3.70. The van der Waals surface area contributed by atoms with Crippen LogP contribution < -0.4 is 0 Å². The van der Waals surface area contributed by atoms with Gasteiger partial charge in [-0.3, -0.25) is 10.1 Å². The van der Waals surface area contributed by atoms with E-state index in [0.29, 0.717) is 5.56 Å². The first-order valence-corrected chi connectivity index (χ1v) is 9.21. The van der Waals surface area contributed by atoms with Crippen molar-refractivity contribution in [1.82, 2.24) is 4.98 Å². The van der Waals surface area contributed by atoms with Crippen molar-refractivity contribution in [2.45, 2.75) is 11.3 Å². The molecule has 25 heavy (non-hydrogen) atoms. The molecule has 1 aromatic heterocycles. The quantitative estimate of drug-likeness (QED) is 0.541. The molecule has 0 saturated heterocycles. The van der Waals surface area contributed by atoms with Crippen molar-refractivity contribution in [2.24, 2.45) is 0 Å². The van der Waals surface area contributed by atoms with Gasteiger partial charge in [0, 0.05) is 33.9 Å². The van der Waals surface area contributed by atoms with Crippen LogP contribution in [0.3, 0.4) is 0 Å². The molecular weight excluding hydrogens is 340 g/mol. The zero-order chi connectivity index (χ0) is 17.9. The van der Waals surface area contributed by atoms with E-state index in [9.17, 15) is 18.5 Å². The lowest BCUT2D eigenvalue weighted by Gasteiger charge is -2.02. The molecule has 3 aromatic rings. The van der Waals surface area contributed by atoms with Crippen LogP contribution in [0.4, 0.5) is 0 Å². The van der Waals surface area contributed by atoms with Gasteiger partial charge in [0.1, 0.15) is 0 Å². The normalized spacial score (nSPS) is 12.0. The number of fused-ring (bicyclic) bond motifs is 1. The Morgan fingerprint density at radius 3 is 2.56 bits per heavy atom. The number of H-pyrrole nitrogens is 1. The summed E-state index contributed by atoms with van der Waals surface area (Å²) in [6.45, 7) is -0.173. The molecule has 3 rings (SSSR count). The number of hydrogen-bond acceptors (Lipinski definition) is 4. The Hall–Kier alpha value is -2.93. The molecule has 0 amide bonds. The Morgan fingerprint density at radius 2 is 1.84 bits per heavy atom. The van der Waals surface area contributed by atoms with E-state index in [0.717, 1.165) is 16.5 Å². The molecule has 0 unspecified atom stereocenters. The van der Waals surface area contributed by atoms with Crippen molar-refractivity contribution in [3.8, 4) is 0 Å². The highest BCUT2D eigenvalue weighted by Gasteiger charge is 2.12. The highest BCUT2D eigenvalue weighted by Crippen LogP contribution is 2.25. The summed E-state index contributed by atoms with van der Waals surface area (Å²) in [5.74, 6) is 0. The van der Waals surface area contributed by atoms with Crippen LogP contribution in [0.15, 0.2) is 65.0 Å². The third-order valence-electron chi connectivity index (χ3n) is 3.88. The Labute approximate surface area is 144 Å². The van der Waals surface area contributed by atoms with Gasteiger partial charge in [-0.25, -0.2) is 8.42 Å². The van der Waals surface area contributed by atoms with Gasteiger partial charge in [-0.1, -0.05) is 30.3 Å². The first-order chi connectivity index (χ1) is 12.0. The van der Waals surface area contributed by atoms with E-state index in [2.05, 4.69) is 4.98 Å². The van der Waals surface area contributed by atoms with E-state index in [1.165, 1.54) is 11.5 Å². The van der Waals surface area contributed by atoms with Crippen LogP contribution in [0, 0.1) is 10.1 Å². The largest absolute Gasteiger partial charge is 0.361 e. The summed E-state index contributed by atoms with van der Waals surface area (Å²) in [6, 6.07) is 13.6. The van der Waals surface area contributed by atoms with E-state index in [4.69, 9.17) is 0 Å². The lowest BCUT2D eigenvalue weighted by molar-refractivity contribution is -0.479. The Bertz CT molecular complexity index is 1040. The average molecular weight is 356 g/mol. The maximum Gasteiger partial charge on any atom is 0.207 e. The van der Waals surface area contributed by atoms with Crippen molar-refractivity contribution in [3.63, 3.8) is 0 Å². The number of nitrogens with zero attached hydrogens (tertiary/aromatic N) is 1. The van der Waals surface area contributed by atoms with Crippen LogP contribution in [0.2, 0.25) is 0 Å². The van der Waals surface area contributed by atoms with Crippen LogP contribution in [0.5, 0.6) is 0 Å². The summed E-state index contributed by atoms with van der Waals surface area (Å²) in [5.41, 5.74) is 2.32. The molecule has 0 saturated carbocycles. The fourth-order valence-electron chi connectivity index (χ4n) is 2.69. The summed E-state index contributed by atoms with van der Waals surface area (Å²) < 4.78 is 24.8. The van der Waals surface area contributed by atoms with Crippen LogP contribution in [-0.4, -0.2) is 24.9 Å². The third kappa shape index (κ3) is 3.77. The monoisotopic (exact) mass is 356 g/mol. The summed E-state index contributed by atoms with van der Waals surface area (Å²) in [4.78, 5) is 13.6. The van der Waals surface area contributed by atoms with E-state index < -0.39 is 9.84 Å². The standard InChI is InChI=1S/C18H16N2O4S/c21-20(22)11-9-15-13-19-17-8-4-5-14(18(15)17)10-12-25(23,24)16-6-2-1-3-7-16/h1-8,10,12-13,19H,9,11H2/b12-10+. The number of benzene rings is 2. The fraction of sp³-hybridized carbons (Fsp3) is 0.111. The molecule has 128 valence electrons. The molecular formula is C18H16N2O4S. The minimum absolute atomic E-state index is 0.173. The molecule has 0 atom stereocenters. The predicted octanol–water partition coefficient (Wildman–Crippen LogP) is 3.43. The van der Waals surface area contributed by atoms with Gasteiger partial charge in [-0.2, -0.15) is 0 Å². The van der Waals surface area contributed by atoms with Gasteiger partial charge in [0.25, 0.3) is 0 Å². The zero-order valence-corrected chi connectivity index (χ0v) is 14.1. The summed E-state index contributed by atoms with van der Waals surface area (Å²) in [6.07, 6.45) is 3.55. The number of rotatable bonds is 6. The zero-order valence-electron chi connectivity index (χ0n) is 13.3. The number of aromatic amines is 1. The van der Waals surface area contributed by atoms with E-state index >= 15 is 0 Å². The molecule has 0 fully saturated rings. The molecule has 7 heteroatoms.